The molecular weight excluding hydrogens is 467 g/mol. The number of hydrogen-bond acceptors (Lipinski definition) is 0. The molecule has 0 radical (unpaired) electrons. The third kappa shape index (κ3) is 12.2. The Hall–Kier alpha value is -0.820. The number of unbranched alkanes of at least 4 members (excludes halogenated alkanes) is 2. The Labute approximate surface area is 178 Å². The van der Waals surface area contributed by atoms with Crippen molar-refractivity contribution >= 4 is 6.08 Å². The SMILES string of the molecule is CCCCCC1[C-]=Cc2ccccc21.[CH3-].[CH3-].[CH3-].[CH3-].[CH3-].[Hf].c1cc[cH-]c1. The third-order valence-electron chi connectivity index (χ3n) is 3.46. The summed E-state index contributed by atoms with van der Waals surface area (Å²) in [4.78, 5) is 0. The van der Waals surface area contributed by atoms with Gasteiger partial charge in [0.05, 0.1) is 0 Å². The summed E-state index contributed by atoms with van der Waals surface area (Å²) >= 11 is 0. The molecule has 0 saturated heterocycles. The minimum absolute atomic E-state index is 0. The van der Waals surface area contributed by atoms with Crippen molar-refractivity contribution in [3.63, 3.8) is 0 Å². The average Bonchev–Trinajstić information content (AvgIpc) is 3.12. The Kier molecular flexibility index (Phi) is 30.0. The van der Waals surface area contributed by atoms with E-state index < -0.39 is 0 Å². The van der Waals surface area contributed by atoms with Gasteiger partial charge in [-0.05, 0) is 0 Å². The molecule has 1 unspecified atom stereocenters. The van der Waals surface area contributed by atoms with Crippen LogP contribution in [0.5, 0.6) is 0 Å². The summed E-state index contributed by atoms with van der Waals surface area (Å²) in [5.41, 5.74) is 2.85. The summed E-state index contributed by atoms with van der Waals surface area (Å²) < 4.78 is 0. The molecule has 0 amide bonds. The van der Waals surface area contributed by atoms with Crippen LogP contribution in [0.1, 0.15) is 49.7 Å². The van der Waals surface area contributed by atoms with Gasteiger partial charge in [-0.25, -0.2) is 18.2 Å². The number of benzene rings is 1. The molecule has 0 saturated carbocycles. The minimum Gasteiger partial charge on any atom is -0.358 e. The van der Waals surface area contributed by atoms with Crippen molar-refractivity contribution < 1.29 is 25.8 Å². The molecule has 3 rings (SSSR count). The van der Waals surface area contributed by atoms with Gasteiger partial charge in [0.2, 0.25) is 0 Å². The molecule has 0 nitrogen and oxygen atoms in total. The van der Waals surface area contributed by atoms with Crippen LogP contribution in [-0.4, -0.2) is 0 Å². The van der Waals surface area contributed by atoms with Crippen molar-refractivity contribution in [3.8, 4) is 0 Å². The zero-order valence-corrected chi connectivity index (χ0v) is 20.8. The first-order chi connectivity index (χ1) is 9.42. The molecule has 0 bridgehead atoms. The molecule has 0 spiro atoms. The van der Waals surface area contributed by atoms with Crippen LogP contribution < -0.4 is 0 Å². The van der Waals surface area contributed by atoms with E-state index in [1.165, 1.54) is 36.8 Å². The topological polar surface area (TPSA) is 0 Å². The summed E-state index contributed by atoms with van der Waals surface area (Å²) in [6.07, 6.45) is 10.8. The Morgan fingerprint density at radius 1 is 0.880 bits per heavy atom. The van der Waals surface area contributed by atoms with Gasteiger partial charge in [0.15, 0.2) is 0 Å². The molecule has 0 heterocycles. The fourth-order valence-corrected chi connectivity index (χ4v) is 2.40. The molecule has 2 aromatic carbocycles. The van der Waals surface area contributed by atoms with E-state index >= 15 is 0 Å². The van der Waals surface area contributed by atoms with Crippen molar-refractivity contribution in [2.45, 2.75) is 38.5 Å². The molecule has 0 fully saturated rings. The molecule has 2 aromatic rings. The van der Waals surface area contributed by atoms with Gasteiger partial charge in [-0.15, -0.1) is 11.6 Å². The van der Waals surface area contributed by atoms with Crippen molar-refractivity contribution in [2.75, 3.05) is 0 Å². The average molecular weight is 504 g/mol. The number of hydrogen-bond donors (Lipinski definition) is 0. The first-order valence-corrected chi connectivity index (χ1v) is 7.26. The zero-order chi connectivity index (χ0) is 13.3. The Morgan fingerprint density at radius 2 is 1.48 bits per heavy atom. The molecule has 144 valence electrons. The zero-order valence-electron chi connectivity index (χ0n) is 17.2. The van der Waals surface area contributed by atoms with Gasteiger partial charge in [0.1, 0.15) is 0 Å². The maximum atomic E-state index is 3.46. The Morgan fingerprint density at radius 3 is 2.00 bits per heavy atom. The molecule has 0 aromatic heterocycles. The quantitative estimate of drug-likeness (QED) is 0.226. The van der Waals surface area contributed by atoms with Gasteiger partial charge in [0, 0.05) is 25.8 Å². The van der Waals surface area contributed by atoms with E-state index in [9.17, 15) is 0 Å². The first-order valence-electron chi connectivity index (χ1n) is 7.26. The number of allylic oxidation sites excluding steroid dienone is 1. The van der Waals surface area contributed by atoms with Crippen LogP contribution in [0.2, 0.25) is 0 Å². The van der Waals surface area contributed by atoms with Crippen LogP contribution in [-0.2, 0) is 25.8 Å². The van der Waals surface area contributed by atoms with Gasteiger partial charge in [-0.3, -0.25) is 6.08 Å². The molecule has 25 heavy (non-hydrogen) atoms. The van der Waals surface area contributed by atoms with Crippen LogP contribution in [0, 0.1) is 43.2 Å². The fourth-order valence-electron chi connectivity index (χ4n) is 2.40. The fraction of sp³-hybridized carbons (Fsp3) is 0.250. The maximum Gasteiger partial charge on any atom is 0 e. The van der Waals surface area contributed by atoms with E-state index in [2.05, 4.69) is 43.3 Å². The molecular formula is C24H37Hf-7. The van der Waals surface area contributed by atoms with Gasteiger partial charge < -0.3 is 37.1 Å². The van der Waals surface area contributed by atoms with Crippen molar-refractivity contribution in [1.82, 2.24) is 0 Å². The van der Waals surface area contributed by atoms with Gasteiger partial charge in [-0.2, -0.15) is 23.8 Å². The molecule has 1 heteroatoms. The van der Waals surface area contributed by atoms with Crippen molar-refractivity contribution in [1.29, 1.82) is 0 Å². The van der Waals surface area contributed by atoms with E-state index in [0.717, 1.165) is 0 Å². The molecule has 1 aliphatic rings. The monoisotopic (exact) mass is 505 g/mol. The van der Waals surface area contributed by atoms with E-state index in [0.29, 0.717) is 5.92 Å². The smallest absolute Gasteiger partial charge is 0 e. The van der Waals surface area contributed by atoms with E-state index in [4.69, 9.17) is 0 Å². The Bertz CT molecular complexity index is 465. The molecule has 0 N–H and O–H groups in total. The predicted octanol–water partition coefficient (Wildman–Crippen LogP) is 7.83. The maximum absolute atomic E-state index is 3.46. The van der Waals surface area contributed by atoms with Crippen molar-refractivity contribution in [2.24, 2.45) is 0 Å². The third-order valence-corrected chi connectivity index (χ3v) is 3.46. The molecule has 0 aliphatic heterocycles. The van der Waals surface area contributed by atoms with Crippen LogP contribution in [0.4, 0.5) is 0 Å². The summed E-state index contributed by atoms with van der Waals surface area (Å²) in [5, 5.41) is 0. The van der Waals surface area contributed by atoms with E-state index in [1.807, 2.05) is 30.3 Å². The second-order valence-electron chi connectivity index (χ2n) is 4.95. The summed E-state index contributed by atoms with van der Waals surface area (Å²) in [7, 11) is 0. The minimum atomic E-state index is 0. The Balaban J connectivity index is -0.000000108. The standard InChI is InChI=1S/C14H17.C5H5.5CH3.Hf/c1-2-3-4-7-12-10-11-13-8-5-6-9-14(12)13;1-2-4-5-3-1;;;;;;/h5-6,8-9,11-12H,2-4,7H2,1H3;1-5H;5*1H3;/q7*-1;. The van der Waals surface area contributed by atoms with E-state index in [1.54, 1.807) is 0 Å². The summed E-state index contributed by atoms with van der Waals surface area (Å²) in [6.45, 7) is 2.25. The number of rotatable bonds is 4. The largest absolute Gasteiger partial charge is 0.358 e. The van der Waals surface area contributed by atoms with Crippen LogP contribution in [0.25, 0.3) is 6.08 Å². The van der Waals surface area contributed by atoms with Crippen LogP contribution >= 0.6 is 0 Å². The second-order valence-corrected chi connectivity index (χ2v) is 4.95. The second kappa shape index (κ2) is 21.2. The summed E-state index contributed by atoms with van der Waals surface area (Å²) in [5.74, 6) is 0.567. The van der Waals surface area contributed by atoms with Crippen molar-refractivity contribution in [3.05, 3.63) is 109 Å². The summed E-state index contributed by atoms with van der Waals surface area (Å²) in [6, 6.07) is 18.7. The van der Waals surface area contributed by atoms with Gasteiger partial charge in [-0.1, -0.05) is 56.7 Å². The van der Waals surface area contributed by atoms with Crippen LogP contribution in [0.15, 0.2) is 54.6 Å². The van der Waals surface area contributed by atoms with E-state index in [-0.39, 0.29) is 63.0 Å². The molecule has 1 aliphatic carbocycles. The first kappa shape index (κ1) is 35.3. The van der Waals surface area contributed by atoms with Gasteiger partial charge in [0.25, 0.3) is 0 Å². The molecule has 1 atom stereocenters. The number of fused-ring (bicyclic) bond motifs is 1. The van der Waals surface area contributed by atoms with Crippen LogP contribution in [0.3, 0.4) is 0 Å². The van der Waals surface area contributed by atoms with Gasteiger partial charge >= 0.3 is 0 Å². The normalized spacial score (nSPS) is 12.0. The predicted molar refractivity (Wildman–Crippen MR) is 115 cm³/mol.